The standard InChI is InChI=1S/C22H16F3N5O2/c1-13-12-29(17-7-5-15(6-8-17)22(23,24)25)21(32)19-18(11-27-30(13)19)20(31)28-16-4-2-3-14(9-16)10-26/h2-9,11,13H,12H2,1H3,(H,28,31). The van der Waals surface area contributed by atoms with Crippen LogP contribution in [-0.4, -0.2) is 28.1 Å². The van der Waals surface area contributed by atoms with Crippen molar-refractivity contribution in [2.45, 2.75) is 19.1 Å². The maximum Gasteiger partial charge on any atom is 0.416 e. The molecule has 2 amide bonds. The molecule has 3 aromatic rings. The SMILES string of the molecule is CC1CN(c2ccc(C(F)(F)F)cc2)C(=O)c2c(C(=O)Nc3cccc(C#N)c3)cnn21. The molecule has 0 bridgehead atoms. The van der Waals surface area contributed by atoms with E-state index in [1.165, 1.54) is 34.0 Å². The number of nitrogens with one attached hydrogen (secondary N) is 1. The van der Waals surface area contributed by atoms with Gasteiger partial charge in [0, 0.05) is 17.9 Å². The Morgan fingerprint density at radius 2 is 1.94 bits per heavy atom. The average molecular weight is 439 g/mol. The molecule has 0 saturated heterocycles. The number of carbonyl (C=O) groups is 2. The molecule has 1 N–H and O–H groups in total. The largest absolute Gasteiger partial charge is 0.416 e. The van der Waals surface area contributed by atoms with Gasteiger partial charge in [-0.15, -0.1) is 0 Å². The summed E-state index contributed by atoms with van der Waals surface area (Å²) >= 11 is 0. The number of nitrogens with zero attached hydrogens (tertiary/aromatic N) is 4. The van der Waals surface area contributed by atoms with E-state index in [0.29, 0.717) is 11.3 Å². The topological polar surface area (TPSA) is 91.0 Å². The number of hydrogen-bond acceptors (Lipinski definition) is 4. The molecular formula is C22H16F3N5O2. The van der Waals surface area contributed by atoms with E-state index in [9.17, 15) is 22.8 Å². The van der Waals surface area contributed by atoms with E-state index < -0.39 is 23.6 Å². The molecule has 162 valence electrons. The average Bonchev–Trinajstić information content (AvgIpc) is 3.22. The van der Waals surface area contributed by atoms with Crippen LogP contribution in [0.25, 0.3) is 0 Å². The molecule has 1 atom stereocenters. The van der Waals surface area contributed by atoms with Gasteiger partial charge in [0.15, 0.2) is 0 Å². The second kappa shape index (κ2) is 7.85. The summed E-state index contributed by atoms with van der Waals surface area (Å²) in [4.78, 5) is 27.4. The second-order valence-corrected chi connectivity index (χ2v) is 7.31. The lowest BCUT2D eigenvalue weighted by Gasteiger charge is -2.32. The van der Waals surface area contributed by atoms with Gasteiger partial charge >= 0.3 is 6.18 Å². The molecule has 1 unspecified atom stereocenters. The molecule has 1 aromatic heterocycles. The van der Waals surface area contributed by atoms with Crippen molar-refractivity contribution in [3.05, 3.63) is 77.1 Å². The normalized spacial score (nSPS) is 15.8. The minimum atomic E-state index is -4.48. The summed E-state index contributed by atoms with van der Waals surface area (Å²) in [5, 5.41) is 15.8. The van der Waals surface area contributed by atoms with Gasteiger partial charge < -0.3 is 10.2 Å². The van der Waals surface area contributed by atoms with Crippen molar-refractivity contribution in [2.75, 3.05) is 16.8 Å². The van der Waals surface area contributed by atoms with Crippen molar-refractivity contribution >= 4 is 23.2 Å². The summed E-state index contributed by atoms with van der Waals surface area (Å²) in [5.74, 6) is -1.13. The molecule has 0 saturated carbocycles. The van der Waals surface area contributed by atoms with Crippen molar-refractivity contribution in [1.29, 1.82) is 5.26 Å². The maximum atomic E-state index is 13.2. The number of alkyl halides is 3. The Labute approximate surface area is 180 Å². The van der Waals surface area contributed by atoms with Crippen LogP contribution < -0.4 is 10.2 Å². The van der Waals surface area contributed by atoms with Gasteiger partial charge in [-0.3, -0.25) is 14.3 Å². The van der Waals surface area contributed by atoms with Gasteiger partial charge in [0.05, 0.1) is 35.0 Å². The summed E-state index contributed by atoms with van der Waals surface area (Å²) in [6, 6.07) is 12.2. The number of hydrogen-bond donors (Lipinski definition) is 1. The molecule has 0 spiro atoms. The van der Waals surface area contributed by atoms with E-state index >= 15 is 0 Å². The summed E-state index contributed by atoms with van der Waals surface area (Å²) in [6.45, 7) is 1.97. The monoisotopic (exact) mass is 439 g/mol. The minimum Gasteiger partial charge on any atom is -0.322 e. The molecule has 2 heterocycles. The van der Waals surface area contributed by atoms with Crippen LogP contribution in [0.1, 0.15) is 44.9 Å². The maximum absolute atomic E-state index is 13.2. The highest BCUT2D eigenvalue weighted by molar-refractivity contribution is 6.15. The van der Waals surface area contributed by atoms with E-state index in [1.54, 1.807) is 25.1 Å². The second-order valence-electron chi connectivity index (χ2n) is 7.31. The third kappa shape index (κ3) is 3.80. The van der Waals surface area contributed by atoms with Crippen LogP contribution >= 0.6 is 0 Å². The highest BCUT2D eigenvalue weighted by Gasteiger charge is 2.36. The molecule has 1 aliphatic heterocycles. The van der Waals surface area contributed by atoms with E-state index in [1.807, 2.05) is 6.07 Å². The number of amides is 2. The number of nitriles is 1. The number of aromatic nitrogens is 2. The van der Waals surface area contributed by atoms with Gasteiger partial charge in [0.25, 0.3) is 11.8 Å². The van der Waals surface area contributed by atoms with Crippen molar-refractivity contribution in [3.8, 4) is 6.07 Å². The fourth-order valence-electron chi connectivity index (χ4n) is 3.55. The van der Waals surface area contributed by atoms with Crippen LogP contribution in [0.2, 0.25) is 0 Å². The zero-order chi connectivity index (χ0) is 23.0. The van der Waals surface area contributed by atoms with Crippen LogP contribution in [0.15, 0.2) is 54.7 Å². The van der Waals surface area contributed by atoms with E-state index in [4.69, 9.17) is 5.26 Å². The first kappa shape index (κ1) is 21.1. The van der Waals surface area contributed by atoms with E-state index in [0.717, 1.165) is 12.1 Å². The Bertz CT molecular complexity index is 1240. The molecule has 4 rings (SSSR count). The van der Waals surface area contributed by atoms with Gasteiger partial charge in [0.1, 0.15) is 5.69 Å². The summed E-state index contributed by atoms with van der Waals surface area (Å²) in [5.41, 5.74) is 0.278. The van der Waals surface area contributed by atoms with Crippen molar-refractivity contribution in [1.82, 2.24) is 9.78 Å². The molecular weight excluding hydrogens is 423 g/mol. The Hall–Kier alpha value is -4.13. The third-order valence-corrected chi connectivity index (χ3v) is 5.11. The predicted molar refractivity (Wildman–Crippen MR) is 109 cm³/mol. The lowest BCUT2D eigenvalue weighted by Crippen LogP contribution is -2.43. The van der Waals surface area contributed by atoms with Gasteiger partial charge in [0.2, 0.25) is 0 Å². The number of rotatable bonds is 3. The van der Waals surface area contributed by atoms with Crippen LogP contribution in [0.5, 0.6) is 0 Å². The lowest BCUT2D eigenvalue weighted by atomic mass is 10.1. The fourth-order valence-corrected chi connectivity index (χ4v) is 3.55. The molecule has 0 radical (unpaired) electrons. The molecule has 10 heteroatoms. The first-order chi connectivity index (χ1) is 15.2. The van der Waals surface area contributed by atoms with Crippen molar-refractivity contribution in [3.63, 3.8) is 0 Å². The number of anilines is 2. The van der Waals surface area contributed by atoms with Gasteiger partial charge in [-0.25, -0.2) is 0 Å². The summed E-state index contributed by atoms with van der Waals surface area (Å²) in [7, 11) is 0. The Kier molecular flexibility index (Phi) is 5.18. The zero-order valence-electron chi connectivity index (χ0n) is 16.7. The first-order valence-electron chi connectivity index (χ1n) is 9.57. The highest BCUT2D eigenvalue weighted by atomic mass is 19.4. The summed E-state index contributed by atoms with van der Waals surface area (Å²) < 4.78 is 40.0. The highest BCUT2D eigenvalue weighted by Crippen LogP contribution is 2.33. The zero-order valence-corrected chi connectivity index (χ0v) is 16.7. The molecule has 1 aliphatic rings. The fraction of sp³-hybridized carbons (Fsp3) is 0.182. The number of halogens is 3. The number of carbonyl (C=O) groups excluding carboxylic acids is 2. The predicted octanol–water partition coefficient (Wildman–Crippen LogP) is 4.25. The van der Waals surface area contributed by atoms with Gasteiger partial charge in [-0.05, 0) is 49.4 Å². The van der Waals surface area contributed by atoms with Gasteiger partial charge in [-0.2, -0.15) is 23.5 Å². The molecule has 0 fully saturated rings. The number of fused-ring (bicyclic) bond motifs is 1. The minimum absolute atomic E-state index is 0.0285. The third-order valence-electron chi connectivity index (χ3n) is 5.11. The first-order valence-corrected chi connectivity index (χ1v) is 9.57. The van der Waals surface area contributed by atoms with Crippen molar-refractivity contribution < 1.29 is 22.8 Å². The van der Waals surface area contributed by atoms with Crippen LogP contribution in [0, 0.1) is 11.3 Å². The molecule has 32 heavy (non-hydrogen) atoms. The van der Waals surface area contributed by atoms with E-state index in [2.05, 4.69) is 10.4 Å². The number of benzene rings is 2. The molecule has 2 aromatic carbocycles. The summed E-state index contributed by atoms with van der Waals surface area (Å²) in [6.07, 6.45) is -3.20. The van der Waals surface area contributed by atoms with Crippen LogP contribution in [-0.2, 0) is 6.18 Å². The van der Waals surface area contributed by atoms with Crippen LogP contribution in [0.4, 0.5) is 24.5 Å². The smallest absolute Gasteiger partial charge is 0.322 e. The quantitative estimate of drug-likeness (QED) is 0.661. The molecule has 7 nitrogen and oxygen atoms in total. The molecule has 0 aliphatic carbocycles. The van der Waals surface area contributed by atoms with Crippen LogP contribution in [0.3, 0.4) is 0 Å². The van der Waals surface area contributed by atoms with Crippen molar-refractivity contribution in [2.24, 2.45) is 0 Å². The Morgan fingerprint density at radius 3 is 2.59 bits per heavy atom. The lowest BCUT2D eigenvalue weighted by molar-refractivity contribution is -0.137. The Morgan fingerprint density at radius 1 is 1.22 bits per heavy atom. The van der Waals surface area contributed by atoms with Gasteiger partial charge in [-0.1, -0.05) is 6.07 Å². The Balaban J connectivity index is 1.64. The van der Waals surface area contributed by atoms with E-state index in [-0.39, 0.29) is 29.5 Å².